The number of azide groups is 1. The highest BCUT2D eigenvalue weighted by Crippen LogP contribution is 2.67. The molecular formula is C16H20N4OS2. The van der Waals surface area contributed by atoms with Crippen molar-refractivity contribution in [3.63, 3.8) is 0 Å². The fourth-order valence-corrected chi connectivity index (χ4v) is 7.20. The summed E-state index contributed by atoms with van der Waals surface area (Å²) in [5.41, 5.74) is 9.69. The van der Waals surface area contributed by atoms with Gasteiger partial charge in [-0.15, -0.1) is 23.5 Å². The third-order valence-corrected chi connectivity index (χ3v) is 8.60. The summed E-state index contributed by atoms with van der Waals surface area (Å²) in [6.45, 7) is 6.46. The van der Waals surface area contributed by atoms with Crippen molar-refractivity contribution in [1.82, 2.24) is 4.90 Å². The van der Waals surface area contributed by atoms with Gasteiger partial charge in [0.25, 0.3) is 0 Å². The first-order chi connectivity index (χ1) is 10.9. The average Bonchev–Trinajstić information content (AvgIpc) is 2.80. The Morgan fingerprint density at radius 1 is 1.39 bits per heavy atom. The van der Waals surface area contributed by atoms with Crippen molar-refractivity contribution in [2.45, 2.75) is 41.8 Å². The number of rotatable bonds is 4. The normalized spacial score (nSPS) is 35.7. The number of fused-ring (bicyclic) bond motifs is 1. The first kappa shape index (κ1) is 16.6. The molecule has 0 unspecified atom stereocenters. The van der Waals surface area contributed by atoms with E-state index in [-0.39, 0.29) is 16.0 Å². The summed E-state index contributed by atoms with van der Waals surface area (Å²) in [7, 11) is 0. The molecule has 0 aliphatic carbocycles. The summed E-state index contributed by atoms with van der Waals surface area (Å²) in [6.07, 6.45) is 2.08. The zero-order valence-electron chi connectivity index (χ0n) is 13.6. The molecule has 5 nitrogen and oxygen atoms in total. The third-order valence-electron chi connectivity index (χ3n) is 5.14. The molecule has 7 heteroatoms. The van der Waals surface area contributed by atoms with Crippen LogP contribution in [-0.2, 0) is 9.67 Å². The summed E-state index contributed by atoms with van der Waals surface area (Å²) < 4.78 is 0.227. The molecule has 2 fully saturated rings. The Labute approximate surface area is 144 Å². The highest BCUT2D eigenvalue weighted by molar-refractivity contribution is 8.17. The van der Waals surface area contributed by atoms with Crippen molar-refractivity contribution >= 4 is 29.4 Å². The molecule has 23 heavy (non-hydrogen) atoms. The second kappa shape index (κ2) is 5.65. The Morgan fingerprint density at radius 2 is 2.04 bits per heavy atom. The van der Waals surface area contributed by atoms with E-state index in [0.717, 1.165) is 5.56 Å². The molecule has 1 aromatic carbocycles. The van der Waals surface area contributed by atoms with Gasteiger partial charge < -0.3 is 4.90 Å². The van der Waals surface area contributed by atoms with Crippen LogP contribution >= 0.6 is 23.5 Å². The third kappa shape index (κ3) is 1.96. The summed E-state index contributed by atoms with van der Waals surface area (Å²) in [4.78, 5) is 17.2. The SMILES string of the molecule is CS[C@@H]1S[C@]2(c3ccccc3)[C@@H](N=[N+]=[N-])C(=O)N2[C@]1(C)C(C)C. The molecule has 122 valence electrons. The number of hydrogen-bond donors (Lipinski definition) is 0. The highest BCUT2D eigenvalue weighted by Gasteiger charge is 2.73. The molecule has 2 aliphatic heterocycles. The van der Waals surface area contributed by atoms with Crippen LogP contribution in [-0.4, -0.2) is 33.2 Å². The monoisotopic (exact) mass is 348 g/mol. The van der Waals surface area contributed by atoms with Crippen LogP contribution in [0.5, 0.6) is 0 Å². The minimum atomic E-state index is -0.671. The second-order valence-electron chi connectivity index (χ2n) is 6.41. The smallest absolute Gasteiger partial charge is 0.237 e. The van der Waals surface area contributed by atoms with E-state index in [1.165, 1.54) is 0 Å². The van der Waals surface area contributed by atoms with Gasteiger partial charge in [-0.05, 0) is 30.2 Å². The maximum absolute atomic E-state index is 12.8. The molecule has 2 heterocycles. The lowest BCUT2D eigenvalue weighted by molar-refractivity contribution is -0.164. The van der Waals surface area contributed by atoms with Crippen LogP contribution in [0.4, 0.5) is 0 Å². The van der Waals surface area contributed by atoms with Gasteiger partial charge in [0.2, 0.25) is 5.91 Å². The summed E-state index contributed by atoms with van der Waals surface area (Å²) in [5.74, 6) is 0.237. The predicted octanol–water partition coefficient (Wildman–Crippen LogP) is 4.21. The summed E-state index contributed by atoms with van der Waals surface area (Å²) >= 11 is 3.52. The lowest BCUT2D eigenvalue weighted by Crippen LogP contribution is -2.73. The van der Waals surface area contributed by atoms with Crippen molar-refractivity contribution in [1.29, 1.82) is 0 Å². The standard InChI is InChI=1S/C16H20N4OS2/c1-10(2)15(3)14(22-4)23-16(11-8-6-5-7-9-11)12(18-19-17)13(21)20(15)16/h5-10,12,14H,1-4H3/t12-,14+,15+,16+/m0/s1. The molecule has 0 radical (unpaired) electrons. The van der Waals surface area contributed by atoms with Crippen molar-refractivity contribution in [3.05, 3.63) is 46.3 Å². The molecule has 0 bridgehead atoms. The van der Waals surface area contributed by atoms with E-state index in [0.29, 0.717) is 5.92 Å². The van der Waals surface area contributed by atoms with Crippen LogP contribution in [0.3, 0.4) is 0 Å². The molecule has 0 N–H and O–H groups in total. The van der Waals surface area contributed by atoms with E-state index in [9.17, 15) is 4.79 Å². The number of carbonyl (C=O) groups is 1. The number of benzene rings is 1. The number of β-lactam (4-membered cyclic amide) rings is 1. The fourth-order valence-electron chi connectivity index (χ4n) is 3.64. The van der Waals surface area contributed by atoms with Gasteiger partial charge in [-0.2, -0.15) is 0 Å². The lowest BCUT2D eigenvalue weighted by Gasteiger charge is -2.57. The summed E-state index contributed by atoms with van der Waals surface area (Å²) in [5, 5.41) is 3.86. The molecule has 0 saturated carbocycles. The van der Waals surface area contributed by atoms with Crippen LogP contribution < -0.4 is 0 Å². The van der Waals surface area contributed by atoms with Gasteiger partial charge in [-0.25, -0.2) is 0 Å². The van der Waals surface area contributed by atoms with Crippen molar-refractivity contribution in [3.8, 4) is 0 Å². The summed E-state index contributed by atoms with van der Waals surface area (Å²) in [6, 6.07) is 9.28. The average molecular weight is 348 g/mol. The largest absolute Gasteiger partial charge is 0.315 e. The predicted molar refractivity (Wildman–Crippen MR) is 96.0 cm³/mol. The van der Waals surface area contributed by atoms with Crippen molar-refractivity contribution < 1.29 is 4.79 Å². The van der Waals surface area contributed by atoms with Crippen LogP contribution in [0, 0.1) is 5.92 Å². The first-order valence-electron chi connectivity index (χ1n) is 7.59. The molecule has 3 rings (SSSR count). The van der Waals surface area contributed by atoms with E-state index in [1.807, 2.05) is 35.2 Å². The maximum atomic E-state index is 12.8. The molecule has 2 saturated heterocycles. The Balaban J connectivity index is 2.20. The Morgan fingerprint density at radius 3 is 2.57 bits per heavy atom. The molecule has 0 spiro atoms. The van der Waals surface area contributed by atoms with Crippen LogP contribution in [0.1, 0.15) is 26.3 Å². The number of carbonyl (C=O) groups excluding carboxylic acids is 1. The topological polar surface area (TPSA) is 69.1 Å². The number of amides is 1. The van der Waals surface area contributed by atoms with Gasteiger partial charge in [-0.3, -0.25) is 4.79 Å². The van der Waals surface area contributed by atoms with E-state index in [4.69, 9.17) is 5.53 Å². The molecule has 1 aromatic rings. The Hall–Kier alpha value is -1.30. The van der Waals surface area contributed by atoms with Gasteiger partial charge in [0, 0.05) is 4.91 Å². The van der Waals surface area contributed by atoms with Gasteiger partial charge in [0.05, 0.1) is 10.1 Å². The van der Waals surface area contributed by atoms with Crippen LogP contribution in [0.15, 0.2) is 35.4 Å². The molecular weight excluding hydrogens is 328 g/mol. The zero-order valence-corrected chi connectivity index (χ0v) is 15.3. The minimum Gasteiger partial charge on any atom is -0.315 e. The fraction of sp³-hybridized carbons (Fsp3) is 0.562. The minimum absolute atomic E-state index is 0.0631. The van der Waals surface area contributed by atoms with E-state index < -0.39 is 10.9 Å². The molecule has 2 aliphatic rings. The van der Waals surface area contributed by atoms with Crippen molar-refractivity contribution in [2.75, 3.05) is 6.26 Å². The Kier molecular flexibility index (Phi) is 4.07. The number of nitrogens with zero attached hydrogens (tertiary/aromatic N) is 4. The van der Waals surface area contributed by atoms with Crippen molar-refractivity contribution in [2.24, 2.45) is 11.0 Å². The van der Waals surface area contributed by atoms with Gasteiger partial charge in [0.1, 0.15) is 4.87 Å². The van der Waals surface area contributed by atoms with Crippen LogP contribution in [0.25, 0.3) is 10.4 Å². The van der Waals surface area contributed by atoms with Gasteiger partial charge >= 0.3 is 0 Å². The van der Waals surface area contributed by atoms with Gasteiger partial charge in [0.15, 0.2) is 6.04 Å². The molecule has 0 aromatic heterocycles. The van der Waals surface area contributed by atoms with E-state index >= 15 is 0 Å². The maximum Gasteiger partial charge on any atom is 0.237 e. The van der Waals surface area contributed by atoms with E-state index in [1.54, 1.807) is 23.5 Å². The quantitative estimate of drug-likeness (QED) is 0.354. The van der Waals surface area contributed by atoms with E-state index in [2.05, 4.69) is 37.1 Å². The Bertz CT molecular complexity index is 676. The second-order valence-corrected chi connectivity index (χ2v) is 8.98. The van der Waals surface area contributed by atoms with Crippen LogP contribution in [0.2, 0.25) is 0 Å². The first-order valence-corrected chi connectivity index (χ1v) is 9.75. The molecule has 4 atom stereocenters. The highest BCUT2D eigenvalue weighted by atomic mass is 32.2. The molecule has 1 amide bonds. The number of hydrogen-bond acceptors (Lipinski definition) is 4. The van der Waals surface area contributed by atoms with Gasteiger partial charge in [-0.1, -0.05) is 49.3 Å². The lowest BCUT2D eigenvalue weighted by atomic mass is 9.78. The number of thioether (sulfide) groups is 2. The zero-order chi connectivity index (χ0) is 16.8.